The summed E-state index contributed by atoms with van der Waals surface area (Å²) in [7, 11) is 3.58. The Labute approximate surface area is 442 Å². The normalized spacial score (nSPS) is 24.2. The Kier molecular flexibility index (Phi) is 17.2. The molecule has 6 aromatic rings. The van der Waals surface area contributed by atoms with Gasteiger partial charge in [0.05, 0.1) is 50.8 Å². The number of halogens is 1. The average molecular weight is 1050 g/mol. The third-order valence-electron chi connectivity index (χ3n) is 14.2. The summed E-state index contributed by atoms with van der Waals surface area (Å²) in [6, 6.07) is 2.04. The number of nitrogens with zero attached hydrogens (tertiary/aromatic N) is 15. The maximum Gasteiger partial charge on any atom is 0.222 e. The first-order valence-corrected chi connectivity index (χ1v) is 27.0. The lowest BCUT2D eigenvalue weighted by Crippen LogP contribution is -2.55. The lowest BCUT2D eigenvalue weighted by Gasteiger charge is -2.37. The van der Waals surface area contributed by atoms with E-state index in [4.69, 9.17) is 55.5 Å². The molecule has 6 fully saturated rings. The standard InChI is InChI=1S/C25H36N10O2.C19H23ClN8O2.C6H14N2/c1-16-12-34(13-17(2)29-16)25-30-20-22(33-5-8-36-9-6-33)31-21(19-10-27-24(26-3)28-11-19)32-23(20)35(25)14-18-4-7-37-15-18;1-21-19-22-8-13(9-23-19)15-25-16(27-3-6-29-7-4-27)14-17(26-15)28(18(20)24-14)10-12-2-5-30-11-12;1-5-3-7-4-6(2)8-5/h10-11,16-18,29H,4-9,12-15H2,1-3H3,(H,26,27,28);8-9,12H,2-7,10-11H2,1H3,(H,21,22,23);5-8H,3-4H2,1-2H3/t16-,17+,18?;;5-,6+. The Hall–Kier alpha value is -5.73. The Bertz CT molecular complexity index is 2780. The van der Waals surface area contributed by atoms with Gasteiger partial charge in [-0.05, 0) is 52.1 Å². The Morgan fingerprint density at radius 1 is 0.547 bits per heavy atom. The molecule has 6 aliphatic heterocycles. The van der Waals surface area contributed by atoms with E-state index in [1.165, 1.54) is 0 Å². The molecule has 0 radical (unpaired) electrons. The van der Waals surface area contributed by atoms with Crippen LogP contribution in [0.15, 0.2) is 24.8 Å². The number of anilines is 5. The quantitative estimate of drug-likeness (QED) is 0.117. The molecule has 404 valence electrons. The molecule has 24 nitrogen and oxygen atoms in total. The fraction of sp³-hybridized carbons (Fsp3) is 0.640. The number of nitrogens with one attached hydrogen (secondary N) is 5. The van der Waals surface area contributed by atoms with Gasteiger partial charge in [-0.2, -0.15) is 0 Å². The third kappa shape index (κ3) is 12.6. The zero-order valence-corrected chi connectivity index (χ0v) is 44.9. The summed E-state index contributed by atoms with van der Waals surface area (Å²) >= 11 is 6.56. The first-order valence-electron chi connectivity index (χ1n) is 26.6. The smallest absolute Gasteiger partial charge is 0.222 e. The van der Waals surface area contributed by atoms with Gasteiger partial charge < -0.3 is 60.2 Å². The molecule has 6 aliphatic rings. The highest BCUT2D eigenvalue weighted by molar-refractivity contribution is 6.29. The van der Waals surface area contributed by atoms with E-state index in [0.29, 0.717) is 103 Å². The molecule has 12 rings (SSSR count). The second-order valence-electron chi connectivity index (χ2n) is 20.3. The zero-order chi connectivity index (χ0) is 51.8. The molecule has 0 spiro atoms. The van der Waals surface area contributed by atoms with Gasteiger partial charge in [0.2, 0.25) is 23.1 Å². The lowest BCUT2D eigenvalue weighted by atomic mass is 10.1. The van der Waals surface area contributed by atoms with E-state index in [0.717, 1.165) is 144 Å². The molecule has 75 heavy (non-hydrogen) atoms. The van der Waals surface area contributed by atoms with Crippen LogP contribution in [-0.2, 0) is 32.0 Å². The summed E-state index contributed by atoms with van der Waals surface area (Å²) < 4.78 is 26.7. The number of morpholine rings is 2. The molecule has 25 heteroatoms. The van der Waals surface area contributed by atoms with Gasteiger partial charge in [-0.15, -0.1) is 0 Å². The largest absolute Gasteiger partial charge is 0.381 e. The molecule has 6 atom stereocenters. The number of hydrogen-bond acceptors (Lipinski definition) is 22. The van der Waals surface area contributed by atoms with Gasteiger partial charge in [0.25, 0.3) is 0 Å². The number of aromatic nitrogens is 12. The number of piperazine rings is 2. The number of ether oxygens (including phenoxy) is 4. The third-order valence-corrected chi connectivity index (χ3v) is 14.5. The monoisotopic (exact) mass is 1050 g/mol. The number of rotatable bonds is 11. The van der Waals surface area contributed by atoms with Crippen molar-refractivity contribution in [2.45, 2.75) is 77.8 Å². The highest BCUT2D eigenvalue weighted by Gasteiger charge is 2.32. The summed E-state index contributed by atoms with van der Waals surface area (Å²) in [5, 5.41) is 16.7. The van der Waals surface area contributed by atoms with Crippen molar-refractivity contribution in [1.29, 1.82) is 0 Å². The van der Waals surface area contributed by atoms with Crippen molar-refractivity contribution < 1.29 is 18.9 Å². The van der Waals surface area contributed by atoms with Gasteiger partial charge in [0, 0.05) is 154 Å². The molecule has 2 unspecified atom stereocenters. The van der Waals surface area contributed by atoms with E-state index in [1.54, 1.807) is 38.9 Å². The molecule has 0 aromatic carbocycles. The van der Waals surface area contributed by atoms with Crippen molar-refractivity contribution in [1.82, 2.24) is 74.9 Å². The van der Waals surface area contributed by atoms with E-state index in [1.807, 2.05) is 4.57 Å². The minimum Gasteiger partial charge on any atom is -0.381 e. The Morgan fingerprint density at radius 2 is 1.00 bits per heavy atom. The van der Waals surface area contributed by atoms with Crippen LogP contribution in [0.2, 0.25) is 5.28 Å². The second kappa shape index (κ2) is 24.5. The Balaban J connectivity index is 0.000000151. The highest BCUT2D eigenvalue weighted by Crippen LogP contribution is 2.35. The van der Waals surface area contributed by atoms with Gasteiger partial charge in [0.15, 0.2) is 45.6 Å². The van der Waals surface area contributed by atoms with Crippen LogP contribution in [0, 0.1) is 11.8 Å². The molecule has 0 aliphatic carbocycles. The predicted octanol–water partition coefficient (Wildman–Crippen LogP) is 3.19. The van der Waals surface area contributed by atoms with Crippen molar-refractivity contribution in [3.05, 3.63) is 30.1 Å². The van der Waals surface area contributed by atoms with Gasteiger partial charge >= 0.3 is 0 Å². The molecule has 6 aromatic heterocycles. The summed E-state index contributed by atoms with van der Waals surface area (Å²) in [5.41, 5.74) is 4.63. The Morgan fingerprint density at radius 3 is 1.44 bits per heavy atom. The van der Waals surface area contributed by atoms with Crippen LogP contribution in [0.5, 0.6) is 0 Å². The van der Waals surface area contributed by atoms with E-state index >= 15 is 0 Å². The fourth-order valence-electron chi connectivity index (χ4n) is 10.5. The van der Waals surface area contributed by atoms with Crippen molar-refractivity contribution in [3.8, 4) is 22.8 Å². The van der Waals surface area contributed by atoms with Crippen LogP contribution in [0.3, 0.4) is 0 Å². The zero-order valence-electron chi connectivity index (χ0n) is 44.1. The molecule has 6 saturated heterocycles. The number of imidazole rings is 2. The summed E-state index contributed by atoms with van der Waals surface area (Å²) in [6.45, 7) is 23.1. The fourth-order valence-corrected chi connectivity index (χ4v) is 10.7. The van der Waals surface area contributed by atoms with Crippen LogP contribution in [0.25, 0.3) is 45.1 Å². The van der Waals surface area contributed by atoms with Crippen molar-refractivity contribution in [3.63, 3.8) is 0 Å². The topological polar surface area (TPSA) is 246 Å². The minimum absolute atomic E-state index is 0.370. The molecule has 0 bridgehead atoms. The van der Waals surface area contributed by atoms with Crippen molar-refractivity contribution >= 4 is 63.4 Å². The average Bonchev–Trinajstić information content (AvgIpc) is 4.28. The molecule has 0 saturated carbocycles. The first-order chi connectivity index (χ1) is 36.6. The SMILES string of the molecule is CNc1ncc(-c2nc(N3CCOCC3)c3nc(Cl)n(CC4CCOC4)c3n2)cn1.CNc1ncc(-c2nc(N3CCOCC3)c3nc(N4C[C@@H](C)N[C@@H](C)C4)n(CC4CCOC4)c3n2)cn1.C[C@@H]1CNC[C@H](C)N1. The molecular weight excluding hydrogens is 980 g/mol. The van der Waals surface area contributed by atoms with E-state index in [2.05, 4.69) is 98.5 Å². The van der Waals surface area contributed by atoms with Crippen molar-refractivity contribution in [2.75, 3.05) is 145 Å². The summed E-state index contributed by atoms with van der Waals surface area (Å²) in [4.78, 5) is 54.0. The summed E-state index contributed by atoms with van der Waals surface area (Å²) in [6.07, 6.45) is 9.03. The van der Waals surface area contributed by atoms with Crippen LogP contribution >= 0.6 is 11.6 Å². The molecule has 0 amide bonds. The second-order valence-corrected chi connectivity index (χ2v) is 20.7. The summed E-state index contributed by atoms with van der Waals surface area (Å²) in [5.74, 6) is 5.65. The maximum absolute atomic E-state index is 6.56. The molecular formula is C50H73ClN20O4. The van der Waals surface area contributed by atoms with Gasteiger partial charge in [0.1, 0.15) is 0 Å². The maximum atomic E-state index is 6.56. The van der Waals surface area contributed by atoms with E-state index in [-0.39, 0.29) is 0 Å². The van der Waals surface area contributed by atoms with Crippen LogP contribution in [0.1, 0.15) is 40.5 Å². The van der Waals surface area contributed by atoms with Gasteiger partial charge in [-0.1, -0.05) is 0 Å². The van der Waals surface area contributed by atoms with Crippen LogP contribution in [-0.4, -0.2) is 202 Å². The first kappa shape index (κ1) is 52.7. The predicted molar refractivity (Wildman–Crippen MR) is 290 cm³/mol. The van der Waals surface area contributed by atoms with Gasteiger partial charge in [-0.25, -0.2) is 49.8 Å². The van der Waals surface area contributed by atoms with Crippen molar-refractivity contribution in [2.24, 2.45) is 11.8 Å². The number of hydrogen-bond donors (Lipinski definition) is 5. The van der Waals surface area contributed by atoms with E-state index < -0.39 is 0 Å². The molecule has 5 N–H and O–H groups in total. The van der Waals surface area contributed by atoms with Crippen LogP contribution in [0.4, 0.5) is 29.5 Å². The molecule has 12 heterocycles. The minimum atomic E-state index is 0.370. The van der Waals surface area contributed by atoms with Crippen LogP contribution < -0.4 is 41.3 Å². The highest BCUT2D eigenvalue weighted by atomic mass is 35.5. The number of fused-ring (bicyclic) bond motifs is 2. The van der Waals surface area contributed by atoms with E-state index in [9.17, 15) is 0 Å². The van der Waals surface area contributed by atoms with Gasteiger partial charge in [-0.3, -0.25) is 9.13 Å². The lowest BCUT2D eigenvalue weighted by molar-refractivity contribution is 0.122.